The van der Waals surface area contributed by atoms with E-state index in [2.05, 4.69) is 6.92 Å². The Kier molecular flexibility index (Phi) is 4.33. The molecule has 0 radical (unpaired) electrons. The zero-order valence-electron chi connectivity index (χ0n) is 11.4. The Morgan fingerprint density at radius 2 is 1.90 bits per heavy atom. The van der Waals surface area contributed by atoms with Crippen LogP contribution in [0, 0.1) is 0 Å². The lowest BCUT2D eigenvalue weighted by atomic mass is 9.96. The summed E-state index contributed by atoms with van der Waals surface area (Å²) in [7, 11) is 0. The fraction of sp³-hybridized carbons (Fsp3) is 0.375. The van der Waals surface area contributed by atoms with Gasteiger partial charge in [-0.15, -0.1) is 0 Å². The lowest BCUT2D eigenvalue weighted by Gasteiger charge is -2.17. The van der Waals surface area contributed by atoms with Crippen LogP contribution in [0.1, 0.15) is 36.9 Å². The van der Waals surface area contributed by atoms with E-state index in [1.54, 1.807) is 12.1 Å². The van der Waals surface area contributed by atoms with Crippen LogP contribution < -0.4 is 5.73 Å². The van der Waals surface area contributed by atoms with E-state index in [9.17, 15) is 13.2 Å². The molecule has 0 unspecified atom stereocenters. The Balaban J connectivity index is 2.46. The largest absolute Gasteiger partial charge is 0.407 e. The van der Waals surface area contributed by atoms with Crippen molar-refractivity contribution in [2.45, 2.75) is 38.4 Å². The molecular weight excluding hydrogens is 263 g/mol. The van der Waals surface area contributed by atoms with Gasteiger partial charge in [0.05, 0.1) is 0 Å². The molecule has 2 N–H and O–H groups in total. The maximum Gasteiger partial charge on any atom is 0.407 e. The van der Waals surface area contributed by atoms with Crippen molar-refractivity contribution in [2.75, 3.05) is 0 Å². The van der Waals surface area contributed by atoms with E-state index in [0.717, 1.165) is 35.6 Å². The van der Waals surface area contributed by atoms with E-state index in [1.807, 2.05) is 18.2 Å². The SMILES string of the molecule is CCCCc1cccc2ccc([C@H](N)C(F)(F)F)cc12. The second-order valence-electron chi connectivity index (χ2n) is 5.02. The van der Waals surface area contributed by atoms with Crippen LogP contribution in [-0.2, 0) is 6.42 Å². The normalized spacial score (nSPS) is 13.7. The van der Waals surface area contributed by atoms with Crippen LogP contribution in [0.2, 0.25) is 0 Å². The first-order valence-electron chi connectivity index (χ1n) is 6.77. The lowest BCUT2D eigenvalue weighted by molar-refractivity contribution is -0.149. The monoisotopic (exact) mass is 281 g/mol. The van der Waals surface area contributed by atoms with Crippen LogP contribution in [-0.4, -0.2) is 6.18 Å². The van der Waals surface area contributed by atoms with E-state index in [0.29, 0.717) is 0 Å². The summed E-state index contributed by atoms with van der Waals surface area (Å²) in [5, 5.41) is 1.83. The minimum atomic E-state index is -4.41. The van der Waals surface area contributed by atoms with Gasteiger partial charge in [0.15, 0.2) is 0 Å². The molecule has 0 bridgehead atoms. The highest BCUT2D eigenvalue weighted by Crippen LogP contribution is 2.32. The van der Waals surface area contributed by atoms with Crippen molar-refractivity contribution in [2.24, 2.45) is 5.73 Å². The van der Waals surface area contributed by atoms with E-state index >= 15 is 0 Å². The highest BCUT2D eigenvalue weighted by molar-refractivity contribution is 5.86. The number of alkyl halides is 3. The number of nitrogens with two attached hydrogens (primary N) is 1. The van der Waals surface area contributed by atoms with Gasteiger partial charge in [-0.25, -0.2) is 0 Å². The second-order valence-corrected chi connectivity index (χ2v) is 5.02. The molecule has 0 aromatic heterocycles. The average molecular weight is 281 g/mol. The summed E-state index contributed by atoms with van der Waals surface area (Å²) in [6, 6.07) is 8.66. The fourth-order valence-corrected chi connectivity index (χ4v) is 2.32. The number of unbranched alkanes of at least 4 members (excludes halogenated alkanes) is 1. The first-order valence-corrected chi connectivity index (χ1v) is 6.77. The van der Waals surface area contributed by atoms with E-state index in [1.165, 1.54) is 6.07 Å². The smallest absolute Gasteiger partial charge is 0.316 e. The quantitative estimate of drug-likeness (QED) is 0.860. The molecule has 1 atom stereocenters. The molecule has 0 aliphatic carbocycles. The summed E-state index contributed by atoms with van der Waals surface area (Å²) >= 11 is 0. The van der Waals surface area contributed by atoms with E-state index < -0.39 is 12.2 Å². The highest BCUT2D eigenvalue weighted by Gasteiger charge is 2.37. The zero-order chi connectivity index (χ0) is 14.8. The molecule has 108 valence electrons. The summed E-state index contributed by atoms with van der Waals surface area (Å²) in [6.07, 6.45) is -1.46. The van der Waals surface area contributed by atoms with Gasteiger partial charge in [-0.1, -0.05) is 43.7 Å². The summed E-state index contributed by atoms with van der Waals surface area (Å²) in [4.78, 5) is 0. The summed E-state index contributed by atoms with van der Waals surface area (Å²) < 4.78 is 38.1. The van der Waals surface area contributed by atoms with Gasteiger partial charge in [-0.3, -0.25) is 0 Å². The van der Waals surface area contributed by atoms with Crippen molar-refractivity contribution in [1.29, 1.82) is 0 Å². The Hall–Kier alpha value is -1.55. The summed E-state index contributed by atoms with van der Waals surface area (Å²) in [5.74, 6) is 0. The summed E-state index contributed by atoms with van der Waals surface area (Å²) in [6.45, 7) is 2.09. The number of aryl methyl sites for hydroxylation is 1. The number of benzene rings is 2. The zero-order valence-corrected chi connectivity index (χ0v) is 11.4. The standard InChI is InChI=1S/C16H18F3N/c1-2-3-5-11-6-4-7-12-8-9-13(10-14(11)12)15(20)16(17,18)19/h4,6-10,15H,2-3,5,20H2,1H3/t15-/m0/s1. The molecule has 0 saturated carbocycles. The van der Waals surface area contributed by atoms with E-state index in [4.69, 9.17) is 5.73 Å². The van der Waals surface area contributed by atoms with Crippen LogP contribution in [0.3, 0.4) is 0 Å². The van der Waals surface area contributed by atoms with Crippen molar-refractivity contribution in [1.82, 2.24) is 0 Å². The van der Waals surface area contributed by atoms with Gasteiger partial charge in [0, 0.05) is 0 Å². The highest BCUT2D eigenvalue weighted by atomic mass is 19.4. The third-order valence-electron chi connectivity index (χ3n) is 3.51. The Morgan fingerprint density at radius 3 is 2.55 bits per heavy atom. The predicted octanol–water partition coefficient (Wildman–Crippen LogP) is 4.74. The third-order valence-corrected chi connectivity index (χ3v) is 3.51. The van der Waals surface area contributed by atoms with Crippen molar-refractivity contribution >= 4 is 10.8 Å². The molecule has 0 heterocycles. The van der Waals surface area contributed by atoms with E-state index in [-0.39, 0.29) is 5.56 Å². The van der Waals surface area contributed by atoms with Crippen LogP contribution in [0.4, 0.5) is 13.2 Å². The number of halogens is 3. The van der Waals surface area contributed by atoms with Gasteiger partial charge in [-0.05, 0) is 40.8 Å². The molecule has 0 spiro atoms. The maximum atomic E-state index is 12.7. The van der Waals surface area contributed by atoms with Crippen molar-refractivity contribution in [3.8, 4) is 0 Å². The molecule has 20 heavy (non-hydrogen) atoms. The van der Waals surface area contributed by atoms with Crippen molar-refractivity contribution in [3.05, 3.63) is 47.5 Å². The molecular formula is C16H18F3N. The molecule has 0 aliphatic rings. The van der Waals surface area contributed by atoms with Gasteiger partial charge >= 0.3 is 6.18 Å². The Labute approximate surface area is 116 Å². The molecule has 2 aromatic carbocycles. The average Bonchev–Trinajstić information content (AvgIpc) is 2.42. The second kappa shape index (κ2) is 5.83. The van der Waals surface area contributed by atoms with Gasteiger partial charge in [0.2, 0.25) is 0 Å². The first kappa shape index (κ1) is 14.9. The molecule has 1 nitrogen and oxygen atoms in total. The lowest BCUT2D eigenvalue weighted by Crippen LogP contribution is -2.28. The molecule has 4 heteroatoms. The van der Waals surface area contributed by atoms with Gasteiger partial charge in [0.1, 0.15) is 6.04 Å². The van der Waals surface area contributed by atoms with Crippen LogP contribution >= 0.6 is 0 Å². The minimum Gasteiger partial charge on any atom is -0.316 e. The third kappa shape index (κ3) is 3.12. The van der Waals surface area contributed by atoms with Crippen LogP contribution in [0.25, 0.3) is 10.8 Å². The maximum absolute atomic E-state index is 12.7. The van der Waals surface area contributed by atoms with Crippen LogP contribution in [0.5, 0.6) is 0 Å². The number of rotatable bonds is 4. The van der Waals surface area contributed by atoms with Crippen molar-refractivity contribution < 1.29 is 13.2 Å². The first-order chi connectivity index (χ1) is 9.43. The summed E-state index contributed by atoms with van der Waals surface area (Å²) in [5.41, 5.74) is 6.49. The molecule has 2 rings (SSSR count). The molecule has 0 amide bonds. The number of fused-ring (bicyclic) bond motifs is 1. The predicted molar refractivity (Wildman–Crippen MR) is 75.5 cm³/mol. The van der Waals surface area contributed by atoms with Gasteiger partial charge in [0.25, 0.3) is 0 Å². The fourth-order valence-electron chi connectivity index (χ4n) is 2.32. The molecule has 0 aliphatic heterocycles. The molecule has 0 saturated heterocycles. The van der Waals surface area contributed by atoms with Crippen molar-refractivity contribution in [3.63, 3.8) is 0 Å². The van der Waals surface area contributed by atoms with Gasteiger partial charge in [-0.2, -0.15) is 13.2 Å². The topological polar surface area (TPSA) is 26.0 Å². The Bertz CT molecular complexity index is 590. The number of hydrogen-bond acceptors (Lipinski definition) is 1. The molecule has 2 aromatic rings. The van der Waals surface area contributed by atoms with Crippen LogP contribution in [0.15, 0.2) is 36.4 Å². The number of hydrogen-bond donors (Lipinski definition) is 1. The Morgan fingerprint density at radius 1 is 1.15 bits per heavy atom. The van der Waals surface area contributed by atoms with Gasteiger partial charge < -0.3 is 5.73 Å². The minimum absolute atomic E-state index is 0.119. The molecule has 0 fully saturated rings.